The van der Waals surface area contributed by atoms with E-state index in [-0.39, 0.29) is 0 Å². The van der Waals surface area contributed by atoms with Crippen molar-refractivity contribution in [1.82, 2.24) is 4.90 Å². The number of halogens is 1. The molecule has 0 aliphatic carbocycles. The smallest absolute Gasteiger partial charge is 0.312 e. The summed E-state index contributed by atoms with van der Waals surface area (Å²) in [5.74, 6) is -1.50. The molecule has 0 saturated heterocycles. The largest absolute Gasteiger partial charge is 0.481 e. The lowest BCUT2D eigenvalue weighted by molar-refractivity contribution is -0.143. The van der Waals surface area contributed by atoms with E-state index in [1.165, 1.54) is 4.90 Å². The molecule has 0 atom stereocenters. The van der Waals surface area contributed by atoms with Gasteiger partial charge in [0.25, 0.3) is 0 Å². The molecular formula is C11H12BrNO3. The number of amides is 1. The average Bonchev–Trinajstić information content (AvgIpc) is 2.16. The molecule has 0 bridgehead atoms. The molecule has 0 aliphatic rings. The lowest BCUT2D eigenvalue weighted by Crippen LogP contribution is -2.28. The summed E-state index contributed by atoms with van der Waals surface area (Å²) in [7, 11) is 1.59. The standard InChI is InChI=1S/C11H12BrNO3/c1-13(10(14)6-11(15)16)7-8-3-2-4-9(12)5-8/h2-5H,6-7H2,1H3,(H,15,16). The fraction of sp³-hybridized carbons (Fsp3) is 0.273. The van der Waals surface area contributed by atoms with Crippen LogP contribution >= 0.6 is 15.9 Å². The fourth-order valence-electron chi connectivity index (χ4n) is 1.26. The van der Waals surface area contributed by atoms with Gasteiger partial charge in [-0.25, -0.2) is 0 Å². The Kier molecular flexibility index (Phi) is 4.49. The van der Waals surface area contributed by atoms with Crippen molar-refractivity contribution >= 4 is 27.8 Å². The van der Waals surface area contributed by atoms with Crippen LogP contribution in [0.5, 0.6) is 0 Å². The highest BCUT2D eigenvalue weighted by Crippen LogP contribution is 2.13. The lowest BCUT2D eigenvalue weighted by Gasteiger charge is -2.16. The molecule has 4 nitrogen and oxygen atoms in total. The van der Waals surface area contributed by atoms with Crippen LogP contribution in [-0.4, -0.2) is 28.9 Å². The number of aliphatic carboxylic acids is 1. The molecule has 0 spiro atoms. The Morgan fingerprint density at radius 2 is 2.12 bits per heavy atom. The number of carboxylic acid groups (broad SMARTS) is 1. The second-order valence-corrected chi connectivity index (χ2v) is 4.37. The number of benzene rings is 1. The molecule has 5 heteroatoms. The Morgan fingerprint density at radius 1 is 1.44 bits per heavy atom. The summed E-state index contributed by atoms with van der Waals surface area (Å²) < 4.78 is 0.934. The minimum atomic E-state index is -1.11. The van der Waals surface area contributed by atoms with Crippen molar-refractivity contribution < 1.29 is 14.7 Å². The second-order valence-electron chi connectivity index (χ2n) is 3.45. The van der Waals surface area contributed by atoms with Gasteiger partial charge in [0.15, 0.2) is 0 Å². The van der Waals surface area contributed by atoms with Gasteiger partial charge < -0.3 is 10.0 Å². The van der Waals surface area contributed by atoms with E-state index in [0.29, 0.717) is 6.54 Å². The first kappa shape index (κ1) is 12.7. The van der Waals surface area contributed by atoms with Gasteiger partial charge in [-0.05, 0) is 17.7 Å². The summed E-state index contributed by atoms with van der Waals surface area (Å²) in [4.78, 5) is 23.1. The van der Waals surface area contributed by atoms with Gasteiger partial charge in [-0.1, -0.05) is 28.1 Å². The molecule has 0 unspecified atom stereocenters. The van der Waals surface area contributed by atoms with Crippen LogP contribution in [0.4, 0.5) is 0 Å². The third-order valence-electron chi connectivity index (χ3n) is 2.04. The second kappa shape index (κ2) is 5.65. The maximum Gasteiger partial charge on any atom is 0.312 e. The van der Waals surface area contributed by atoms with Crippen molar-refractivity contribution in [2.75, 3.05) is 7.05 Å². The first-order valence-corrected chi connectivity index (χ1v) is 5.48. The van der Waals surface area contributed by atoms with E-state index >= 15 is 0 Å². The van der Waals surface area contributed by atoms with Crippen molar-refractivity contribution in [2.24, 2.45) is 0 Å². The van der Waals surface area contributed by atoms with Crippen LogP contribution < -0.4 is 0 Å². The molecular weight excluding hydrogens is 274 g/mol. The van der Waals surface area contributed by atoms with Crippen LogP contribution in [0.15, 0.2) is 28.7 Å². The van der Waals surface area contributed by atoms with E-state index in [9.17, 15) is 9.59 Å². The Balaban J connectivity index is 2.60. The third kappa shape index (κ3) is 4.02. The Bertz CT molecular complexity index is 406. The first-order chi connectivity index (χ1) is 7.49. The number of carboxylic acids is 1. The van der Waals surface area contributed by atoms with Gasteiger partial charge in [-0.2, -0.15) is 0 Å². The number of hydrogen-bond donors (Lipinski definition) is 1. The monoisotopic (exact) mass is 285 g/mol. The van der Waals surface area contributed by atoms with E-state index in [0.717, 1.165) is 10.0 Å². The Hall–Kier alpha value is -1.36. The van der Waals surface area contributed by atoms with Crippen LogP contribution in [0.2, 0.25) is 0 Å². The van der Waals surface area contributed by atoms with Crippen LogP contribution in [-0.2, 0) is 16.1 Å². The minimum absolute atomic E-state index is 0.396. The fourth-order valence-corrected chi connectivity index (χ4v) is 1.71. The molecule has 0 radical (unpaired) electrons. The zero-order valence-electron chi connectivity index (χ0n) is 8.81. The molecule has 16 heavy (non-hydrogen) atoms. The predicted octanol–water partition coefficient (Wildman–Crippen LogP) is 1.88. The zero-order chi connectivity index (χ0) is 12.1. The Labute approximate surface area is 102 Å². The van der Waals surface area contributed by atoms with Crippen LogP contribution in [0.3, 0.4) is 0 Å². The van der Waals surface area contributed by atoms with Crippen molar-refractivity contribution in [3.05, 3.63) is 34.3 Å². The number of carbonyl (C=O) groups is 2. The van der Waals surface area contributed by atoms with Crippen LogP contribution in [0.25, 0.3) is 0 Å². The van der Waals surface area contributed by atoms with Gasteiger partial charge in [0.05, 0.1) is 0 Å². The molecule has 1 aromatic rings. The molecule has 0 heterocycles. The number of rotatable bonds is 4. The molecule has 0 aromatic heterocycles. The number of carbonyl (C=O) groups excluding carboxylic acids is 1. The quantitative estimate of drug-likeness (QED) is 0.860. The SMILES string of the molecule is CN(Cc1cccc(Br)c1)C(=O)CC(=O)O. The van der Waals surface area contributed by atoms with Gasteiger partial charge in [0, 0.05) is 18.1 Å². The topological polar surface area (TPSA) is 57.6 Å². The molecule has 1 N–H and O–H groups in total. The summed E-state index contributed by atoms with van der Waals surface area (Å²) in [6.45, 7) is 0.408. The molecule has 86 valence electrons. The molecule has 1 amide bonds. The van der Waals surface area contributed by atoms with Gasteiger partial charge >= 0.3 is 5.97 Å². The van der Waals surface area contributed by atoms with Crippen LogP contribution in [0, 0.1) is 0 Å². The highest BCUT2D eigenvalue weighted by Gasteiger charge is 2.12. The highest BCUT2D eigenvalue weighted by atomic mass is 79.9. The summed E-state index contributed by atoms with van der Waals surface area (Å²) in [5, 5.41) is 8.49. The summed E-state index contributed by atoms with van der Waals surface area (Å²) in [6, 6.07) is 7.54. The highest BCUT2D eigenvalue weighted by molar-refractivity contribution is 9.10. The zero-order valence-corrected chi connectivity index (χ0v) is 10.4. The summed E-state index contributed by atoms with van der Waals surface area (Å²) >= 11 is 3.33. The molecule has 0 fully saturated rings. The van der Waals surface area contributed by atoms with E-state index in [4.69, 9.17) is 5.11 Å². The molecule has 1 rings (SSSR count). The van der Waals surface area contributed by atoms with E-state index in [1.807, 2.05) is 24.3 Å². The maximum absolute atomic E-state index is 11.4. The van der Waals surface area contributed by atoms with E-state index in [1.54, 1.807) is 7.05 Å². The number of hydrogen-bond acceptors (Lipinski definition) is 2. The average molecular weight is 286 g/mol. The van der Waals surface area contributed by atoms with Crippen molar-refractivity contribution in [3.8, 4) is 0 Å². The molecule has 0 saturated carbocycles. The first-order valence-electron chi connectivity index (χ1n) is 4.69. The summed E-state index contributed by atoms with van der Waals surface area (Å²) in [6.07, 6.45) is -0.468. The number of nitrogens with zero attached hydrogens (tertiary/aromatic N) is 1. The van der Waals surface area contributed by atoms with Gasteiger partial charge in [0.1, 0.15) is 6.42 Å². The lowest BCUT2D eigenvalue weighted by atomic mass is 10.2. The van der Waals surface area contributed by atoms with Crippen molar-refractivity contribution in [3.63, 3.8) is 0 Å². The maximum atomic E-state index is 11.4. The van der Waals surface area contributed by atoms with Gasteiger partial charge in [-0.3, -0.25) is 9.59 Å². The van der Waals surface area contributed by atoms with Crippen LogP contribution in [0.1, 0.15) is 12.0 Å². The molecule has 1 aromatic carbocycles. The van der Waals surface area contributed by atoms with Gasteiger partial charge in [-0.15, -0.1) is 0 Å². The van der Waals surface area contributed by atoms with E-state index in [2.05, 4.69) is 15.9 Å². The predicted molar refractivity (Wildman–Crippen MR) is 62.9 cm³/mol. The molecule has 0 aliphatic heterocycles. The Morgan fingerprint density at radius 3 is 2.69 bits per heavy atom. The van der Waals surface area contributed by atoms with Gasteiger partial charge in [0.2, 0.25) is 5.91 Å². The van der Waals surface area contributed by atoms with Crippen molar-refractivity contribution in [2.45, 2.75) is 13.0 Å². The third-order valence-corrected chi connectivity index (χ3v) is 2.53. The normalized spacial score (nSPS) is 9.88. The van der Waals surface area contributed by atoms with Crippen molar-refractivity contribution in [1.29, 1.82) is 0 Å². The van der Waals surface area contributed by atoms with E-state index < -0.39 is 18.3 Å². The summed E-state index contributed by atoms with van der Waals surface area (Å²) in [5.41, 5.74) is 0.954. The minimum Gasteiger partial charge on any atom is -0.481 e.